The summed E-state index contributed by atoms with van der Waals surface area (Å²) in [6.07, 6.45) is 0.952. The van der Waals surface area contributed by atoms with Crippen molar-refractivity contribution in [2.75, 3.05) is 11.9 Å². The van der Waals surface area contributed by atoms with Gasteiger partial charge in [-0.25, -0.2) is 4.68 Å². The van der Waals surface area contributed by atoms with E-state index in [4.69, 9.17) is 9.26 Å². The molecule has 0 saturated heterocycles. The van der Waals surface area contributed by atoms with Crippen molar-refractivity contribution in [1.29, 1.82) is 0 Å². The molecular formula is C24H22N4O4. The highest BCUT2D eigenvalue weighted by molar-refractivity contribution is 6.02. The molecule has 4 aromatic rings. The van der Waals surface area contributed by atoms with Crippen molar-refractivity contribution in [1.82, 2.24) is 14.9 Å². The van der Waals surface area contributed by atoms with Gasteiger partial charge in [0.1, 0.15) is 23.7 Å². The predicted octanol–water partition coefficient (Wildman–Crippen LogP) is 3.79. The van der Waals surface area contributed by atoms with E-state index in [1.165, 1.54) is 22.4 Å². The number of ether oxygens (including phenoxy) is 1. The summed E-state index contributed by atoms with van der Waals surface area (Å²) in [5.41, 5.74) is 2.47. The molecule has 0 spiro atoms. The highest BCUT2D eigenvalue weighted by Crippen LogP contribution is 2.22. The van der Waals surface area contributed by atoms with E-state index < -0.39 is 5.91 Å². The van der Waals surface area contributed by atoms with Gasteiger partial charge in [0.15, 0.2) is 0 Å². The summed E-state index contributed by atoms with van der Waals surface area (Å²) in [4.78, 5) is 24.7. The van der Waals surface area contributed by atoms with Gasteiger partial charge in [0.25, 0.3) is 11.5 Å². The molecule has 2 aromatic carbocycles. The van der Waals surface area contributed by atoms with Crippen LogP contribution in [-0.4, -0.2) is 27.5 Å². The average Bonchev–Trinajstić information content (AvgIpc) is 3.29. The number of nitrogens with zero attached hydrogens (tertiary/aromatic N) is 3. The third-order valence-electron chi connectivity index (χ3n) is 4.82. The minimum absolute atomic E-state index is 0.0783. The zero-order valence-electron chi connectivity index (χ0n) is 17.5. The van der Waals surface area contributed by atoms with Crippen LogP contribution in [0.25, 0.3) is 11.3 Å². The Morgan fingerprint density at radius 3 is 2.59 bits per heavy atom. The molecule has 0 bridgehead atoms. The molecule has 2 heterocycles. The van der Waals surface area contributed by atoms with Gasteiger partial charge < -0.3 is 9.26 Å². The Morgan fingerprint density at radius 1 is 1.06 bits per heavy atom. The molecule has 1 amide bonds. The molecule has 1 N–H and O–H groups in total. The normalized spacial score (nSPS) is 10.7. The molecule has 0 saturated carbocycles. The Kier molecular flexibility index (Phi) is 6.41. The van der Waals surface area contributed by atoms with Crippen LogP contribution in [0.5, 0.6) is 5.75 Å². The van der Waals surface area contributed by atoms with Gasteiger partial charge >= 0.3 is 0 Å². The number of benzene rings is 2. The summed E-state index contributed by atoms with van der Waals surface area (Å²) in [6, 6.07) is 21.5. The summed E-state index contributed by atoms with van der Waals surface area (Å²) in [5, 5.41) is 10.8. The maximum atomic E-state index is 12.6. The predicted molar refractivity (Wildman–Crippen MR) is 120 cm³/mol. The highest BCUT2D eigenvalue weighted by Gasteiger charge is 2.14. The lowest BCUT2D eigenvalue weighted by atomic mass is 10.1. The number of carbonyl (C=O) groups is 1. The number of rotatable bonds is 8. The van der Waals surface area contributed by atoms with E-state index >= 15 is 0 Å². The number of aryl methyl sites for hydroxylation is 1. The minimum atomic E-state index is -0.508. The molecule has 0 aliphatic rings. The van der Waals surface area contributed by atoms with Gasteiger partial charge in [-0.1, -0.05) is 54.5 Å². The molecule has 0 unspecified atom stereocenters. The molecule has 0 fully saturated rings. The lowest BCUT2D eigenvalue weighted by Crippen LogP contribution is -2.28. The summed E-state index contributed by atoms with van der Waals surface area (Å²) in [6.45, 7) is 2.53. The number of para-hydroxylation sites is 1. The Balaban J connectivity index is 1.40. The lowest BCUT2D eigenvalue weighted by molar-refractivity contribution is 0.101. The van der Waals surface area contributed by atoms with Crippen molar-refractivity contribution in [2.24, 2.45) is 0 Å². The van der Waals surface area contributed by atoms with Gasteiger partial charge in [-0.15, -0.1) is 0 Å². The third-order valence-corrected chi connectivity index (χ3v) is 4.82. The summed E-state index contributed by atoms with van der Waals surface area (Å²) >= 11 is 0. The second kappa shape index (κ2) is 9.74. The fourth-order valence-electron chi connectivity index (χ4n) is 3.05. The first kappa shape index (κ1) is 21.0. The molecule has 32 heavy (non-hydrogen) atoms. The number of hydrogen-bond donors (Lipinski definition) is 1. The topological polar surface area (TPSA) is 99.2 Å². The number of anilines is 1. The number of amides is 1. The molecule has 0 radical (unpaired) electrons. The van der Waals surface area contributed by atoms with Crippen LogP contribution in [0.3, 0.4) is 0 Å². The highest BCUT2D eigenvalue weighted by atomic mass is 16.5. The van der Waals surface area contributed by atoms with Crippen LogP contribution in [0, 0.1) is 0 Å². The van der Waals surface area contributed by atoms with E-state index in [1.807, 2.05) is 54.6 Å². The minimum Gasteiger partial charge on any atom is -0.492 e. The number of carbonyl (C=O) groups excluding carboxylic acids is 1. The van der Waals surface area contributed by atoms with Crippen LogP contribution >= 0.6 is 0 Å². The summed E-state index contributed by atoms with van der Waals surface area (Å²) < 4.78 is 12.0. The van der Waals surface area contributed by atoms with Crippen molar-refractivity contribution < 1.29 is 14.1 Å². The van der Waals surface area contributed by atoms with Crippen LogP contribution in [0.1, 0.15) is 23.0 Å². The maximum Gasteiger partial charge on any atom is 0.278 e. The molecule has 0 aliphatic heterocycles. The molecule has 8 heteroatoms. The number of nitrogens with one attached hydrogen (secondary N) is 1. The second-order valence-electron chi connectivity index (χ2n) is 7.02. The first-order valence-electron chi connectivity index (χ1n) is 10.3. The van der Waals surface area contributed by atoms with Crippen LogP contribution in [0.2, 0.25) is 0 Å². The van der Waals surface area contributed by atoms with Crippen molar-refractivity contribution in [3.63, 3.8) is 0 Å². The largest absolute Gasteiger partial charge is 0.492 e. The Morgan fingerprint density at radius 2 is 1.84 bits per heavy atom. The SMILES string of the molecule is CCc1ccc(-c2cc(NC(=O)c3ccc(=O)n(CCOc4ccccc4)n3)on2)cc1. The molecule has 4 rings (SSSR count). The molecule has 0 atom stereocenters. The van der Waals surface area contributed by atoms with E-state index in [0.29, 0.717) is 11.4 Å². The number of hydrogen-bond acceptors (Lipinski definition) is 6. The lowest BCUT2D eigenvalue weighted by Gasteiger charge is -2.08. The van der Waals surface area contributed by atoms with Crippen molar-refractivity contribution in [3.8, 4) is 17.0 Å². The number of aromatic nitrogens is 3. The van der Waals surface area contributed by atoms with Crippen LogP contribution in [0.4, 0.5) is 5.88 Å². The summed E-state index contributed by atoms with van der Waals surface area (Å²) in [7, 11) is 0. The van der Waals surface area contributed by atoms with Crippen molar-refractivity contribution in [2.45, 2.75) is 19.9 Å². The van der Waals surface area contributed by atoms with Crippen molar-refractivity contribution >= 4 is 11.8 Å². The second-order valence-corrected chi connectivity index (χ2v) is 7.02. The molecule has 8 nitrogen and oxygen atoms in total. The standard InChI is InChI=1S/C24H22N4O4/c1-2-17-8-10-18(11-9-17)21-16-22(32-27-21)25-24(30)20-12-13-23(29)28(26-20)14-15-31-19-6-4-3-5-7-19/h3-13,16H,2,14-15H2,1H3,(H,25,30). The van der Waals surface area contributed by atoms with E-state index in [0.717, 1.165) is 12.0 Å². The Labute approximate surface area is 184 Å². The zero-order chi connectivity index (χ0) is 22.3. The molecule has 162 valence electrons. The Bertz CT molecular complexity index is 1250. The maximum absolute atomic E-state index is 12.6. The third kappa shape index (κ3) is 5.10. The molecular weight excluding hydrogens is 408 g/mol. The fraction of sp³-hybridized carbons (Fsp3) is 0.167. The first-order valence-corrected chi connectivity index (χ1v) is 10.3. The van der Waals surface area contributed by atoms with Gasteiger partial charge in [0, 0.05) is 17.7 Å². The van der Waals surface area contributed by atoms with Gasteiger partial charge in [0.2, 0.25) is 5.88 Å². The van der Waals surface area contributed by atoms with E-state index in [2.05, 4.69) is 22.5 Å². The van der Waals surface area contributed by atoms with Gasteiger partial charge in [-0.05, 0) is 30.2 Å². The fourth-order valence-corrected chi connectivity index (χ4v) is 3.05. The monoisotopic (exact) mass is 430 g/mol. The summed E-state index contributed by atoms with van der Waals surface area (Å²) in [5.74, 6) is 0.378. The Hall–Kier alpha value is -4.20. The van der Waals surface area contributed by atoms with E-state index in [9.17, 15) is 9.59 Å². The quantitative estimate of drug-likeness (QED) is 0.457. The smallest absolute Gasteiger partial charge is 0.278 e. The van der Waals surface area contributed by atoms with Crippen LogP contribution in [0.15, 0.2) is 82.1 Å². The van der Waals surface area contributed by atoms with Gasteiger partial charge in [-0.3, -0.25) is 14.9 Å². The van der Waals surface area contributed by atoms with Gasteiger partial charge in [0.05, 0.1) is 6.54 Å². The van der Waals surface area contributed by atoms with Crippen molar-refractivity contribution in [3.05, 3.63) is 94.4 Å². The molecule has 0 aliphatic carbocycles. The van der Waals surface area contributed by atoms with E-state index in [1.54, 1.807) is 6.07 Å². The average molecular weight is 430 g/mol. The van der Waals surface area contributed by atoms with Gasteiger partial charge in [-0.2, -0.15) is 5.10 Å². The first-order chi connectivity index (χ1) is 15.6. The van der Waals surface area contributed by atoms with Crippen LogP contribution < -0.4 is 15.6 Å². The van der Waals surface area contributed by atoms with Crippen LogP contribution in [-0.2, 0) is 13.0 Å². The molecule has 2 aromatic heterocycles. The zero-order valence-corrected chi connectivity index (χ0v) is 17.5. The van der Waals surface area contributed by atoms with E-state index in [-0.39, 0.29) is 30.3 Å².